The molecule has 1 aliphatic rings. The number of aryl methyl sites for hydroxylation is 1. The molecule has 4 heteroatoms. The van der Waals surface area contributed by atoms with Crippen molar-refractivity contribution in [3.05, 3.63) is 41.3 Å². The second kappa shape index (κ2) is 4.67. The fourth-order valence-corrected chi connectivity index (χ4v) is 3.18. The van der Waals surface area contributed by atoms with Crippen molar-refractivity contribution in [2.24, 2.45) is 0 Å². The minimum atomic E-state index is 0.301. The molecule has 0 amide bonds. The molecule has 0 unspecified atom stereocenters. The van der Waals surface area contributed by atoms with Gasteiger partial charge in [-0.05, 0) is 54.0 Å². The van der Waals surface area contributed by atoms with Gasteiger partial charge in [0, 0.05) is 16.7 Å². The zero-order chi connectivity index (χ0) is 11.7. The van der Waals surface area contributed by atoms with E-state index in [0.29, 0.717) is 5.28 Å². The lowest BCUT2D eigenvalue weighted by Gasteiger charge is -2.15. The van der Waals surface area contributed by atoms with Crippen molar-refractivity contribution < 1.29 is 0 Å². The number of nitrogens with zero attached hydrogens (tertiary/aromatic N) is 2. The van der Waals surface area contributed by atoms with Gasteiger partial charge in [-0.15, -0.1) is 11.8 Å². The molecule has 0 spiro atoms. The molecular formula is C13H11ClN2S. The number of aromatic nitrogens is 2. The third-order valence-corrected chi connectivity index (χ3v) is 4.21. The number of rotatable bonds is 1. The lowest BCUT2D eigenvalue weighted by molar-refractivity contribution is 0.890. The van der Waals surface area contributed by atoms with Crippen molar-refractivity contribution in [3.8, 4) is 11.3 Å². The average molecular weight is 263 g/mol. The first-order chi connectivity index (χ1) is 8.33. The molecule has 2 heterocycles. The topological polar surface area (TPSA) is 25.8 Å². The van der Waals surface area contributed by atoms with Gasteiger partial charge < -0.3 is 0 Å². The average Bonchev–Trinajstić information content (AvgIpc) is 2.38. The number of hydrogen-bond donors (Lipinski definition) is 0. The number of fused-ring (bicyclic) bond motifs is 1. The monoisotopic (exact) mass is 262 g/mol. The number of halogens is 1. The summed E-state index contributed by atoms with van der Waals surface area (Å²) in [5.41, 5.74) is 3.44. The molecule has 2 aromatic rings. The summed E-state index contributed by atoms with van der Waals surface area (Å²) in [5.74, 6) is 1.23. The molecule has 1 aromatic heterocycles. The van der Waals surface area contributed by atoms with Crippen LogP contribution in [0.5, 0.6) is 0 Å². The Morgan fingerprint density at radius 3 is 3.06 bits per heavy atom. The van der Waals surface area contributed by atoms with E-state index < -0.39 is 0 Å². The van der Waals surface area contributed by atoms with Crippen LogP contribution in [0.4, 0.5) is 0 Å². The Hall–Kier alpha value is -1.06. The van der Waals surface area contributed by atoms with Crippen molar-refractivity contribution >= 4 is 23.4 Å². The Bertz CT molecular complexity index is 557. The Balaban J connectivity index is 2.04. The van der Waals surface area contributed by atoms with Crippen LogP contribution in [0, 0.1) is 0 Å². The molecule has 3 rings (SSSR count). The lowest BCUT2D eigenvalue weighted by atomic mass is 10.0. The van der Waals surface area contributed by atoms with Gasteiger partial charge in [0.05, 0.1) is 5.69 Å². The Morgan fingerprint density at radius 1 is 1.24 bits per heavy atom. The minimum absolute atomic E-state index is 0.301. The van der Waals surface area contributed by atoms with Gasteiger partial charge in [0.2, 0.25) is 5.28 Å². The maximum absolute atomic E-state index is 5.81. The SMILES string of the molecule is Clc1nccc(-c2ccc3c(c2)CCCS3)n1. The Morgan fingerprint density at radius 2 is 2.18 bits per heavy atom. The molecule has 0 radical (unpaired) electrons. The predicted octanol–water partition coefficient (Wildman–Crippen LogP) is 3.84. The smallest absolute Gasteiger partial charge is 0.222 e. The molecule has 0 bridgehead atoms. The zero-order valence-corrected chi connectivity index (χ0v) is 10.8. The molecule has 0 atom stereocenters. The summed E-state index contributed by atoms with van der Waals surface area (Å²) in [6.07, 6.45) is 4.11. The van der Waals surface area contributed by atoms with Gasteiger partial charge >= 0.3 is 0 Å². The van der Waals surface area contributed by atoms with Crippen LogP contribution in [0.25, 0.3) is 11.3 Å². The standard InChI is InChI=1S/C13H11ClN2S/c14-13-15-6-5-11(16-13)9-3-4-12-10(8-9)2-1-7-17-12/h3-6,8H,1-2,7H2. The van der Waals surface area contributed by atoms with E-state index in [1.54, 1.807) is 6.20 Å². The van der Waals surface area contributed by atoms with E-state index in [4.69, 9.17) is 11.6 Å². The van der Waals surface area contributed by atoms with Crippen LogP contribution in [0.1, 0.15) is 12.0 Å². The second-order valence-electron chi connectivity index (χ2n) is 3.99. The second-order valence-corrected chi connectivity index (χ2v) is 5.46. The lowest BCUT2D eigenvalue weighted by Crippen LogP contribution is -1.98. The highest BCUT2D eigenvalue weighted by Gasteiger charge is 2.11. The maximum atomic E-state index is 5.81. The van der Waals surface area contributed by atoms with Gasteiger partial charge in [-0.25, -0.2) is 9.97 Å². The zero-order valence-electron chi connectivity index (χ0n) is 9.19. The van der Waals surface area contributed by atoms with Gasteiger partial charge in [0.15, 0.2) is 0 Å². The molecule has 0 fully saturated rings. The van der Waals surface area contributed by atoms with Crippen molar-refractivity contribution in [1.82, 2.24) is 9.97 Å². The van der Waals surface area contributed by atoms with E-state index in [2.05, 4.69) is 28.2 Å². The highest BCUT2D eigenvalue weighted by Crippen LogP contribution is 2.32. The molecule has 0 N–H and O–H groups in total. The molecule has 0 aliphatic carbocycles. The fraction of sp³-hybridized carbons (Fsp3) is 0.231. The third kappa shape index (κ3) is 2.31. The van der Waals surface area contributed by atoms with Crippen LogP contribution >= 0.6 is 23.4 Å². The van der Waals surface area contributed by atoms with Crippen LogP contribution < -0.4 is 0 Å². The summed E-state index contributed by atoms with van der Waals surface area (Å²) in [5, 5.41) is 0.301. The van der Waals surface area contributed by atoms with E-state index in [0.717, 1.165) is 17.7 Å². The molecule has 2 nitrogen and oxygen atoms in total. The Kier molecular flexibility index (Phi) is 3.04. The molecular weight excluding hydrogens is 252 g/mol. The van der Waals surface area contributed by atoms with Crippen LogP contribution in [-0.4, -0.2) is 15.7 Å². The van der Waals surface area contributed by atoms with E-state index in [1.807, 2.05) is 17.8 Å². The quantitative estimate of drug-likeness (QED) is 0.731. The van der Waals surface area contributed by atoms with Crippen LogP contribution in [-0.2, 0) is 6.42 Å². The summed E-state index contributed by atoms with van der Waals surface area (Å²) in [7, 11) is 0. The van der Waals surface area contributed by atoms with Gasteiger partial charge in [-0.1, -0.05) is 6.07 Å². The summed E-state index contributed by atoms with van der Waals surface area (Å²) < 4.78 is 0. The highest BCUT2D eigenvalue weighted by molar-refractivity contribution is 7.99. The number of thioether (sulfide) groups is 1. The summed E-state index contributed by atoms with van der Waals surface area (Å²) >= 11 is 7.75. The van der Waals surface area contributed by atoms with E-state index in [1.165, 1.54) is 22.6 Å². The fourth-order valence-electron chi connectivity index (χ4n) is 2.02. The summed E-state index contributed by atoms with van der Waals surface area (Å²) in [4.78, 5) is 9.55. The maximum Gasteiger partial charge on any atom is 0.222 e. The van der Waals surface area contributed by atoms with Gasteiger partial charge in [0.1, 0.15) is 0 Å². The highest BCUT2D eigenvalue weighted by atomic mass is 35.5. The van der Waals surface area contributed by atoms with Crippen molar-refractivity contribution in [3.63, 3.8) is 0 Å². The van der Waals surface area contributed by atoms with Gasteiger partial charge in [-0.2, -0.15) is 0 Å². The summed E-state index contributed by atoms with van der Waals surface area (Å²) in [6, 6.07) is 8.41. The summed E-state index contributed by atoms with van der Waals surface area (Å²) in [6.45, 7) is 0. The number of benzene rings is 1. The normalized spacial score (nSPS) is 14.4. The predicted molar refractivity (Wildman–Crippen MR) is 71.5 cm³/mol. The molecule has 0 saturated heterocycles. The van der Waals surface area contributed by atoms with Crippen molar-refractivity contribution in [2.75, 3.05) is 5.75 Å². The van der Waals surface area contributed by atoms with Crippen molar-refractivity contribution in [2.45, 2.75) is 17.7 Å². The third-order valence-electron chi connectivity index (χ3n) is 2.83. The van der Waals surface area contributed by atoms with Crippen LogP contribution in [0.15, 0.2) is 35.4 Å². The van der Waals surface area contributed by atoms with Crippen LogP contribution in [0.3, 0.4) is 0 Å². The molecule has 1 aliphatic heterocycles. The van der Waals surface area contributed by atoms with Gasteiger partial charge in [0.25, 0.3) is 0 Å². The first-order valence-corrected chi connectivity index (χ1v) is 6.94. The molecule has 17 heavy (non-hydrogen) atoms. The Labute approximate surface area is 109 Å². The van der Waals surface area contributed by atoms with Gasteiger partial charge in [-0.3, -0.25) is 0 Å². The molecule has 0 saturated carbocycles. The molecule has 86 valence electrons. The largest absolute Gasteiger partial charge is 0.226 e. The van der Waals surface area contributed by atoms with E-state index >= 15 is 0 Å². The van der Waals surface area contributed by atoms with E-state index in [9.17, 15) is 0 Å². The first-order valence-electron chi connectivity index (χ1n) is 5.57. The van der Waals surface area contributed by atoms with E-state index in [-0.39, 0.29) is 0 Å². The van der Waals surface area contributed by atoms with Crippen LogP contribution in [0.2, 0.25) is 5.28 Å². The molecule has 1 aromatic carbocycles. The number of hydrogen-bond acceptors (Lipinski definition) is 3. The first kappa shape index (κ1) is 11.1. The van der Waals surface area contributed by atoms with Crippen molar-refractivity contribution in [1.29, 1.82) is 0 Å². The minimum Gasteiger partial charge on any atom is -0.226 e.